The molecule has 2 aliphatic heterocycles. The Balaban J connectivity index is 1.90. The summed E-state index contributed by atoms with van der Waals surface area (Å²) in [5.41, 5.74) is 1.81. The quantitative estimate of drug-likeness (QED) is 0.755. The Bertz CT molecular complexity index is 456. The van der Waals surface area contributed by atoms with Crippen molar-refractivity contribution in [1.82, 2.24) is 0 Å². The molecule has 0 spiro atoms. The van der Waals surface area contributed by atoms with Gasteiger partial charge in [0.15, 0.2) is 0 Å². The van der Waals surface area contributed by atoms with Crippen molar-refractivity contribution in [2.24, 2.45) is 0 Å². The minimum Gasteiger partial charge on any atom is -0.494 e. The largest absolute Gasteiger partial charge is 0.494 e. The van der Waals surface area contributed by atoms with Gasteiger partial charge in [-0.15, -0.1) is 0 Å². The molecule has 1 fully saturated rings. The van der Waals surface area contributed by atoms with Gasteiger partial charge < -0.3 is 9.47 Å². The molecule has 0 aliphatic carbocycles. The van der Waals surface area contributed by atoms with Crippen LogP contribution < -0.4 is 9.80 Å². The second-order valence-corrected chi connectivity index (χ2v) is 4.41. The molecule has 18 heavy (non-hydrogen) atoms. The zero-order chi connectivity index (χ0) is 12.5. The summed E-state index contributed by atoms with van der Waals surface area (Å²) in [7, 11) is 1.59. The first-order valence-electron chi connectivity index (χ1n) is 6.03. The molecule has 3 rings (SSSR count). The summed E-state index contributed by atoms with van der Waals surface area (Å²) in [6.07, 6.45) is 1.31. The van der Waals surface area contributed by atoms with Gasteiger partial charge in [-0.3, -0.25) is 9.63 Å². The van der Waals surface area contributed by atoms with Crippen LogP contribution >= 0.6 is 0 Å². The van der Waals surface area contributed by atoms with Gasteiger partial charge in [-0.25, -0.2) is 0 Å². The number of rotatable bonds is 4. The van der Waals surface area contributed by atoms with Crippen molar-refractivity contribution in [1.29, 1.82) is 0 Å². The summed E-state index contributed by atoms with van der Waals surface area (Å²) in [6.45, 7) is 1.12. The highest BCUT2D eigenvalue weighted by Gasteiger charge is 2.31. The third-order valence-electron chi connectivity index (χ3n) is 3.13. The highest BCUT2D eigenvalue weighted by Crippen LogP contribution is 2.36. The molecule has 1 amide bonds. The van der Waals surface area contributed by atoms with Crippen molar-refractivity contribution in [2.45, 2.75) is 18.9 Å². The van der Waals surface area contributed by atoms with Crippen LogP contribution in [0.2, 0.25) is 0 Å². The molecule has 0 unspecified atom stereocenters. The van der Waals surface area contributed by atoms with E-state index in [9.17, 15) is 4.79 Å². The van der Waals surface area contributed by atoms with Crippen LogP contribution in [0.5, 0.6) is 5.75 Å². The Morgan fingerprint density at radius 2 is 2.28 bits per heavy atom. The molecule has 1 saturated heterocycles. The second-order valence-electron chi connectivity index (χ2n) is 4.41. The maximum atomic E-state index is 12.0. The van der Waals surface area contributed by atoms with Crippen LogP contribution in [-0.4, -0.2) is 32.3 Å². The minimum atomic E-state index is -0.0346. The van der Waals surface area contributed by atoms with Crippen molar-refractivity contribution < 1.29 is 19.1 Å². The van der Waals surface area contributed by atoms with E-state index in [2.05, 4.69) is 0 Å². The molecule has 2 heterocycles. The Morgan fingerprint density at radius 3 is 3.00 bits per heavy atom. The van der Waals surface area contributed by atoms with Gasteiger partial charge >= 0.3 is 0 Å². The van der Waals surface area contributed by atoms with Crippen molar-refractivity contribution in [3.05, 3.63) is 23.8 Å². The van der Waals surface area contributed by atoms with E-state index in [0.29, 0.717) is 25.4 Å². The highest BCUT2D eigenvalue weighted by molar-refractivity contribution is 5.96. The van der Waals surface area contributed by atoms with E-state index >= 15 is 0 Å². The Labute approximate surface area is 105 Å². The number of anilines is 1. The number of epoxide rings is 1. The third kappa shape index (κ3) is 2.07. The predicted octanol–water partition coefficient (Wildman–Crippen LogP) is 1.30. The van der Waals surface area contributed by atoms with Crippen LogP contribution in [-0.2, 0) is 20.8 Å². The maximum Gasteiger partial charge on any atom is 0.251 e. The molecule has 0 N–H and O–H groups in total. The second kappa shape index (κ2) is 4.59. The third-order valence-corrected chi connectivity index (χ3v) is 3.13. The van der Waals surface area contributed by atoms with Gasteiger partial charge in [0.05, 0.1) is 13.7 Å². The van der Waals surface area contributed by atoms with E-state index in [1.807, 2.05) is 18.2 Å². The van der Waals surface area contributed by atoms with Gasteiger partial charge in [0.1, 0.15) is 24.1 Å². The molecule has 0 bridgehead atoms. The Hall–Kier alpha value is -1.59. The van der Waals surface area contributed by atoms with Gasteiger partial charge in [-0.2, -0.15) is 5.06 Å². The molecular weight excluding hydrogens is 234 g/mol. The average molecular weight is 249 g/mol. The first-order chi connectivity index (χ1) is 8.79. The van der Waals surface area contributed by atoms with Crippen molar-refractivity contribution in [3.63, 3.8) is 0 Å². The van der Waals surface area contributed by atoms with E-state index in [4.69, 9.17) is 14.3 Å². The fourth-order valence-corrected chi connectivity index (χ4v) is 2.09. The molecule has 96 valence electrons. The zero-order valence-electron chi connectivity index (χ0n) is 10.2. The van der Waals surface area contributed by atoms with Crippen LogP contribution in [0.25, 0.3) is 0 Å². The zero-order valence-corrected chi connectivity index (χ0v) is 10.2. The number of hydroxylamine groups is 1. The van der Waals surface area contributed by atoms with Gasteiger partial charge in [0, 0.05) is 6.42 Å². The standard InChI is InChI=1S/C13H15NO4/c1-16-11-4-2-3-9-5-6-12(15)14(13(9)11)18-8-10-7-17-10/h2-4,10H,5-8H2,1H3/t10-/m0/s1. The maximum absolute atomic E-state index is 12.0. The smallest absolute Gasteiger partial charge is 0.251 e. The predicted molar refractivity (Wildman–Crippen MR) is 64.5 cm³/mol. The van der Waals surface area contributed by atoms with Crippen LogP contribution in [0.1, 0.15) is 12.0 Å². The minimum absolute atomic E-state index is 0.0346. The van der Waals surface area contributed by atoms with E-state index in [-0.39, 0.29) is 12.0 Å². The summed E-state index contributed by atoms with van der Waals surface area (Å²) in [5.74, 6) is 0.630. The number of amides is 1. The van der Waals surface area contributed by atoms with E-state index in [0.717, 1.165) is 17.7 Å². The molecule has 5 heteroatoms. The number of benzene rings is 1. The number of ether oxygens (including phenoxy) is 2. The molecule has 2 aliphatic rings. The summed E-state index contributed by atoms with van der Waals surface area (Å²) in [6, 6.07) is 5.76. The summed E-state index contributed by atoms with van der Waals surface area (Å²) >= 11 is 0. The van der Waals surface area contributed by atoms with E-state index < -0.39 is 0 Å². The van der Waals surface area contributed by atoms with Crippen molar-refractivity contribution in [2.75, 3.05) is 25.4 Å². The lowest BCUT2D eigenvalue weighted by molar-refractivity contribution is -0.126. The topological polar surface area (TPSA) is 51.3 Å². The number of hydrogen-bond acceptors (Lipinski definition) is 4. The average Bonchev–Trinajstić information content (AvgIpc) is 3.21. The van der Waals surface area contributed by atoms with Gasteiger partial charge in [-0.05, 0) is 18.1 Å². The van der Waals surface area contributed by atoms with Gasteiger partial charge in [0.25, 0.3) is 5.91 Å². The molecule has 1 aromatic rings. The Morgan fingerprint density at radius 1 is 1.44 bits per heavy atom. The van der Waals surface area contributed by atoms with Gasteiger partial charge in [-0.1, -0.05) is 12.1 Å². The molecule has 0 radical (unpaired) electrons. The lowest BCUT2D eigenvalue weighted by atomic mass is 10.0. The number of methoxy groups -OCH3 is 1. The van der Waals surface area contributed by atoms with Crippen LogP contribution in [0, 0.1) is 0 Å². The highest BCUT2D eigenvalue weighted by atomic mass is 16.7. The van der Waals surface area contributed by atoms with Crippen molar-refractivity contribution in [3.8, 4) is 5.75 Å². The number of nitrogens with zero attached hydrogens (tertiary/aromatic N) is 1. The van der Waals surface area contributed by atoms with Crippen LogP contribution in [0.4, 0.5) is 5.69 Å². The van der Waals surface area contributed by atoms with Crippen molar-refractivity contribution >= 4 is 11.6 Å². The summed E-state index contributed by atoms with van der Waals surface area (Å²) < 4.78 is 10.4. The van der Waals surface area contributed by atoms with Gasteiger partial charge in [0.2, 0.25) is 0 Å². The lowest BCUT2D eigenvalue weighted by Gasteiger charge is -2.29. The molecule has 1 atom stereocenters. The number of fused-ring (bicyclic) bond motifs is 1. The molecule has 5 nitrogen and oxygen atoms in total. The van der Waals surface area contributed by atoms with Crippen LogP contribution in [0.3, 0.4) is 0 Å². The first kappa shape index (κ1) is 11.5. The SMILES string of the molecule is COc1cccc2c1N(OC[C@@H]1CO1)C(=O)CC2. The number of carbonyl (C=O) groups excluding carboxylic acids is 1. The number of hydrogen-bond donors (Lipinski definition) is 0. The fraction of sp³-hybridized carbons (Fsp3) is 0.462. The number of aryl methyl sites for hydroxylation is 1. The van der Waals surface area contributed by atoms with E-state index in [1.165, 1.54) is 5.06 Å². The monoisotopic (exact) mass is 249 g/mol. The Kier molecular flexibility index (Phi) is 2.93. The molecule has 1 aromatic carbocycles. The molecule has 0 aromatic heterocycles. The lowest BCUT2D eigenvalue weighted by Crippen LogP contribution is -2.36. The first-order valence-corrected chi connectivity index (χ1v) is 6.03. The summed E-state index contributed by atoms with van der Waals surface area (Å²) in [4.78, 5) is 17.5. The summed E-state index contributed by atoms with van der Waals surface area (Å²) in [5, 5.41) is 1.36. The molecule has 0 saturated carbocycles. The molecular formula is C13H15NO4. The normalized spacial score (nSPS) is 21.7. The van der Waals surface area contributed by atoms with Crippen LogP contribution in [0.15, 0.2) is 18.2 Å². The number of carbonyl (C=O) groups is 1. The number of para-hydroxylation sites is 1. The van der Waals surface area contributed by atoms with E-state index in [1.54, 1.807) is 7.11 Å². The fourth-order valence-electron chi connectivity index (χ4n) is 2.09.